The highest BCUT2D eigenvalue weighted by Crippen LogP contribution is 2.29. The number of nitrogens with one attached hydrogen (secondary N) is 2. The van der Waals surface area contributed by atoms with Gasteiger partial charge in [0, 0.05) is 11.5 Å². The zero-order valence-electron chi connectivity index (χ0n) is 14.7. The number of hydrogen-bond acceptors (Lipinski definition) is 5. The van der Waals surface area contributed by atoms with Crippen molar-refractivity contribution in [1.82, 2.24) is 5.32 Å². The number of carbonyl (C=O) groups is 3. The normalized spacial score (nSPS) is 15.5. The van der Waals surface area contributed by atoms with E-state index in [0.29, 0.717) is 15.4 Å². The quantitative estimate of drug-likeness (QED) is 0.798. The maximum Gasteiger partial charge on any atom is 0.349 e. The van der Waals surface area contributed by atoms with Gasteiger partial charge in [0.2, 0.25) is 5.91 Å². The molecular formula is C17H24N2O4S. The molecule has 1 aliphatic carbocycles. The van der Waals surface area contributed by atoms with E-state index in [1.807, 2.05) is 20.8 Å². The summed E-state index contributed by atoms with van der Waals surface area (Å²) in [7, 11) is 0. The number of amides is 2. The molecule has 0 aromatic carbocycles. The van der Waals surface area contributed by atoms with Gasteiger partial charge in [-0.05, 0) is 38.3 Å². The molecule has 1 fully saturated rings. The number of thiophene rings is 1. The van der Waals surface area contributed by atoms with Crippen molar-refractivity contribution in [3.8, 4) is 0 Å². The Morgan fingerprint density at radius 3 is 2.46 bits per heavy atom. The summed E-state index contributed by atoms with van der Waals surface area (Å²) in [5.74, 6) is -0.950. The van der Waals surface area contributed by atoms with Gasteiger partial charge < -0.3 is 15.4 Å². The zero-order valence-corrected chi connectivity index (χ0v) is 15.5. The monoisotopic (exact) mass is 352 g/mol. The van der Waals surface area contributed by atoms with Crippen molar-refractivity contribution in [3.05, 3.63) is 16.5 Å². The van der Waals surface area contributed by atoms with Gasteiger partial charge in [-0.3, -0.25) is 9.59 Å². The fourth-order valence-electron chi connectivity index (χ4n) is 1.86. The summed E-state index contributed by atoms with van der Waals surface area (Å²) < 4.78 is 5.24. The molecule has 1 aliphatic rings. The molecule has 24 heavy (non-hydrogen) atoms. The number of carbonyl (C=O) groups excluding carboxylic acids is 3. The molecule has 0 spiro atoms. The predicted octanol–water partition coefficient (Wildman–Crippen LogP) is 2.87. The van der Waals surface area contributed by atoms with Gasteiger partial charge in [0.05, 0.1) is 5.00 Å². The first kappa shape index (κ1) is 18.4. The average molecular weight is 352 g/mol. The second-order valence-electron chi connectivity index (χ2n) is 7.16. The van der Waals surface area contributed by atoms with Gasteiger partial charge in [-0.25, -0.2) is 4.79 Å². The third kappa shape index (κ3) is 4.80. The third-order valence-corrected chi connectivity index (χ3v) is 4.73. The van der Waals surface area contributed by atoms with Gasteiger partial charge in [0.25, 0.3) is 5.91 Å². The van der Waals surface area contributed by atoms with Crippen LogP contribution < -0.4 is 10.6 Å². The van der Waals surface area contributed by atoms with Crippen LogP contribution in [0, 0.1) is 12.3 Å². The number of aryl methyl sites for hydroxylation is 1. The molecule has 6 nitrogen and oxygen atoms in total. The SMILES string of the molecule is Cc1cc(NC(=O)C(C)(C)C)sc1C(=O)OC(C)C(=O)NC1CC1. The second kappa shape index (κ2) is 6.93. The maximum atomic E-state index is 12.3. The molecule has 7 heteroatoms. The molecule has 1 heterocycles. The van der Waals surface area contributed by atoms with Crippen LogP contribution in [0.25, 0.3) is 0 Å². The van der Waals surface area contributed by atoms with Crippen molar-refractivity contribution in [2.75, 3.05) is 5.32 Å². The Labute approximate surface area is 146 Å². The summed E-state index contributed by atoms with van der Waals surface area (Å²) in [5.41, 5.74) is 0.192. The number of esters is 1. The average Bonchev–Trinajstić information content (AvgIpc) is 3.19. The smallest absolute Gasteiger partial charge is 0.349 e. The molecule has 2 rings (SSSR count). The van der Waals surface area contributed by atoms with Crippen LogP contribution in [0.3, 0.4) is 0 Å². The first-order valence-corrected chi connectivity index (χ1v) is 8.83. The number of anilines is 1. The van der Waals surface area contributed by atoms with E-state index in [2.05, 4.69) is 10.6 Å². The lowest BCUT2D eigenvalue weighted by atomic mass is 9.96. The topological polar surface area (TPSA) is 84.5 Å². The molecule has 132 valence electrons. The van der Waals surface area contributed by atoms with E-state index in [1.54, 1.807) is 19.9 Å². The zero-order chi connectivity index (χ0) is 18.1. The predicted molar refractivity (Wildman–Crippen MR) is 93.2 cm³/mol. The van der Waals surface area contributed by atoms with Crippen LogP contribution in [0.4, 0.5) is 5.00 Å². The van der Waals surface area contributed by atoms with Crippen LogP contribution in [0.15, 0.2) is 6.07 Å². The first-order chi connectivity index (χ1) is 11.1. The molecular weight excluding hydrogens is 328 g/mol. The second-order valence-corrected chi connectivity index (χ2v) is 8.21. The summed E-state index contributed by atoms with van der Waals surface area (Å²) in [6.07, 6.45) is 1.12. The van der Waals surface area contributed by atoms with E-state index in [0.717, 1.165) is 24.2 Å². The fraction of sp³-hybridized carbons (Fsp3) is 0.588. The molecule has 0 bridgehead atoms. The Morgan fingerprint density at radius 1 is 1.29 bits per heavy atom. The van der Waals surface area contributed by atoms with Crippen molar-refractivity contribution in [3.63, 3.8) is 0 Å². The Kier molecular flexibility index (Phi) is 5.32. The van der Waals surface area contributed by atoms with E-state index in [1.165, 1.54) is 0 Å². The molecule has 2 amide bonds. The van der Waals surface area contributed by atoms with Crippen LogP contribution in [0.1, 0.15) is 55.8 Å². The molecule has 1 aromatic heterocycles. The highest BCUT2D eigenvalue weighted by molar-refractivity contribution is 7.18. The minimum atomic E-state index is -0.841. The first-order valence-electron chi connectivity index (χ1n) is 8.01. The third-order valence-electron chi connectivity index (χ3n) is 3.60. The number of hydrogen-bond donors (Lipinski definition) is 2. The van der Waals surface area contributed by atoms with Gasteiger partial charge in [-0.1, -0.05) is 20.8 Å². The van der Waals surface area contributed by atoms with E-state index in [4.69, 9.17) is 4.74 Å². The van der Waals surface area contributed by atoms with Crippen molar-refractivity contribution in [2.24, 2.45) is 5.41 Å². The van der Waals surface area contributed by atoms with Crippen LogP contribution in [0.2, 0.25) is 0 Å². The van der Waals surface area contributed by atoms with Gasteiger partial charge >= 0.3 is 5.97 Å². The summed E-state index contributed by atoms with van der Waals surface area (Å²) in [5, 5.41) is 6.20. The van der Waals surface area contributed by atoms with Crippen LogP contribution in [-0.4, -0.2) is 29.9 Å². The largest absolute Gasteiger partial charge is 0.448 e. The highest BCUT2D eigenvalue weighted by atomic mass is 32.1. The van der Waals surface area contributed by atoms with Crippen molar-refractivity contribution in [1.29, 1.82) is 0 Å². The minimum absolute atomic E-state index is 0.124. The number of ether oxygens (including phenoxy) is 1. The molecule has 2 N–H and O–H groups in total. The van der Waals surface area contributed by atoms with Crippen molar-refractivity contribution >= 4 is 34.1 Å². The van der Waals surface area contributed by atoms with Gasteiger partial charge in [-0.15, -0.1) is 11.3 Å². The molecule has 1 unspecified atom stereocenters. The lowest BCUT2D eigenvalue weighted by molar-refractivity contribution is -0.129. The molecule has 0 aliphatic heterocycles. The summed E-state index contributed by atoms with van der Waals surface area (Å²) in [6, 6.07) is 1.96. The Morgan fingerprint density at radius 2 is 1.92 bits per heavy atom. The molecule has 1 atom stereocenters. The lowest BCUT2D eigenvalue weighted by Crippen LogP contribution is -2.37. The molecule has 1 aromatic rings. The molecule has 0 radical (unpaired) electrons. The van der Waals surface area contributed by atoms with Gasteiger partial charge in [-0.2, -0.15) is 0 Å². The summed E-state index contributed by atoms with van der Waals surface area (Å²) in [4.78, 5) is 36.6. The molecule has 0 saturated heterocycles. The van der Waals surface area contributed by atoms with Crippen molar-refractivity contribution < 1.29 is 19.1 Å². The highest BCUT2D eigenvalue weighted by Gasteiger charge is 2.28. The lowest BCUT2D eigenvalue weighted by Gasteiger charge is -2.16. The van der Waals surface area contributed by atoms with E-state index >= 15 is 0 Å². The maximum absolute atomic E-state index is 12.3. The van der Waals surface area contributed by atoms with Crippen LogP contribution >= 0.6 is 11.3 Å². The van der Waals surface area contributed by atoms with Crippen LogP contribution in [0.5, 0.6) is 0 Å². The van der Waals surface area contributed by atoms with Gasteiger partial charge in [0.1, 0.15) is 4.88 Å². The fourth-order valence-corrected chi connectivity index (χ4v) is 2.81. The van der Waals surface area contributed by atoms with E-state index in [-0.39, 0.29) is 17.9 Å². The minimum Gasteiger partial charge on any atom is -0.448 e. The Balaban J connectivity index is 1.99. The Hall–Kier alpha value is -1.89. The standard InChI is InChI=1S/C17H24N2O4S/c1-9-8-12(19-16(22)17(3,4)5)24-13(9)15(21)23-10(2)14(20)18-11-6-7-11/h8,10-11H,6-7H2,1-5H3,(H,18,20)(H,19,22). The van der Waals surface area contributed by atoms with Gasteiger partial charge in [0.15, 0.2) is 6.10 Å². The van der Waals surface area contributed by atoms with Crippen LogP contribution in [-0.2, 0) is 14.3 Å². The Bertz CT molecular complexity index is 656. The summed E-state index contributed by atoms with van der Waals surface area (Å²) in [6.45, 7) is 8.78. The summed E-state index contributed by atoms with van der Waals surface area (Å²) >= 11 is 1.15. The molecule has 1 saturated carbocycles. The van der Waals surface area contributed by atoms with E-state index in [9.17, 15) is 14.4 Å². The number of rotatable bonds is 5. The van der Waals surface area contributed by atoms with Crippen molar-refractivity contribution in [2.45, 2.75) is 59.6 Å². The van der Waals surface area contributed by atoms with E-state index < -0.39 is 17.5 Å².